The van der Waals surface area contributed by atoms with Crippen LogP contribution in [0.15, 0.2) is 48.6 Å². The van der Waals surface area contributed by atoms with Crippen molar-refractivity contribution < 1.29 is 49.3 Å². The molecule has 11 nitrogen and oxygen atoms in total. The molecule has 1 aliphatic heterocycles. The fraction of sp³-hybridized carbons (Fsp3) is 0.831. The number of carbonyl (C=O) groups is 2. The Morgan fingerprint density at radius 3 is 1.53 bits per heavy atom. The van der Waals surface area contributed by atoms with Crippen LogP contribution in [0.25, 0.3) is 0 Å². The molecule has 0 aliphatic carbocycles. The van der Waals surface area contributed by atoms with Gasteiger partial charge in [-0.1, -0.05) is 204 Å². The number of ether oxygens (including phenoxy) is 3. The van der Waals surface area contributed by atoms with Gasteiger partial charge in [0.2, 0.25) is 5.91 Å². The molecule has 0 aromatic carbocycles. The average Bonchev–Trinajstić information content (AvgIpc) is 3.36. The Morgan fingerprint density at radius 2 is 0.971 bits per heavy atom. The molecule has 1 fully saturated rings. The van der Waals surface area contributed by atoms with Gasteiger partial charge in [0, 0.05) is 12.8 Å². The molecule has 7 atom stereocenters. The lowest BCUT2D eigenvalue weighted by atomic mass is 9.99. The number of hydrogen-bond donors (Lipinski definition) is 6. The van der Waals surface area contributed by atoms with Gasteiger partial charge in [0.15, 0.2) is 6.29 Å². The number of amides is 1. The molecule has 1 amide bonds. The summed E-state index contributed by atoms with van der Waals surface area (Å²) in [6, 6.07) is -0.838. The maximum absolute atomic E-state index is 13.0. The van der Waals surface area contributed by atoms with E-state index in [0.717, 1.165) is 96.3 Å². The van der Waals surface area contributed by atoms with Crippen LogP contribution in [0.3, 0.4) is 0 Å². The van der Waals surface area contributed by atoms with Gasteiger partial charge in [-0.05, 0) is 83.5 Å². The molecular weight excluding hydrogens is 883 g/mol. The van der Waals surface area contributed by atoms with Crippen molar-refractivity contribution in [3.63, 3.8) is 0 Å². The molecule has 7 unspecified atom stereocenters. The van der Waals surface area contributed by atoms with Gasteiger partial charge < -0.3 is 45.1 Å². The summed E-state index contributed by atoms with van der Waals surface area (Å²) in [6.45, 7) is 4.22. The molecule has 1 rings (SSSR count). The molecule has 11 heteroatoms. The smallest absolute Gasteiger partial charge is 0.305 e. The van der Waals surface area contributed by atoms with E-state index < -0.39 is 49.5 Å². The van der Waals surface area contributed by atoms with Gasteiger partial charge in [-0.25, -0.2) is 0 Å². The highest BCUT2D eigenvalue weighted by Crippen LogP contribution is 2.23. The molecule has 1 saturated heterocycles. The Labute approximate surface area is 427 Å². The molecule has 1 heterocycles. The molecule has 0 radical (unpaired) electrons. The predicted octanol–water partition coefficient (Wildman–Crippen LogP) is 12.9. The number of nitrogens with one attached hydrogen (secondary N) is 1. The normalized spacial score (nSPS) is 19.6. The highest BCUT2D eigenvalue weighted by Gasteiger charge is 2.44. The third-order valence-corrected chi connectivity index (χ3v) is 13.4. The van der Waals surface area contributed by atoms with Gasteiger partial charge in [-0.2, -0.15) is 0 Å². The molecule has 1 aliphatic rings. The van der Waals surface area contributed by atoms with E-state index in [4.69, 9.17) is 14.2 Å². The molecular formula is C59H107NO10. The molecule has 0 bridgehead atoms. The van der Waals surface area contributed by atoms with Crippen LogP contribution < -0.4 is 5.32 Å². The molecule has 0 aromatic rings. The summed E-state index contributed by atoms with van der Waals surface area (Å²) in [4.78, 5) is 25.0. The number of unbranched alkanes of at least 4 members (excludes halogenated alkanes) is 29. The maximum Gasteiger partial charge on any atom is 0.305 e. The van der Waals surface area contributed by atoms with Gasteiger partial charge in [-0.3, -0.25) is 9.59 Å². The summed E-state index contributed by atoms with van der Waals surface area (Å²) in [6.07, 6.45) is 50.8. The third-order valence-electron chi connectivity index (χ3n) is 13.4. The van der Waals surface area contributed by atoms with E-state index in [2.05, 4.69) is 55.6 Å². The van der Waals surface area contributed by atoms with Crippen LogP contribution in [0, 0.1) is 0 Å². The monoisotopic (exact) mass is 990 g/mol. The first kappa shape index (κ1) is 65.6. The van der Waals surface area contributed by atoms with Gasteiger partial charge >= 0.3 is 5.97 Å². The zero-order chi connectivity index (χ0) is 51.0. The van der Waals surface area contributed by atoms with E-state index in [1.165, 1.54) is 128 Å². The molecule has 6 N–H and O–H groups in total. The van der Waals surface area contributed by atoms with Crippen molar-refractivity contribution in [3.05, 3.63) is 48.6 Å². The van der Waals surface area contributed by atoms with Crippen molar-refractivity contribution in [2.45, 2.75) is 294 Å². The second-order valence-corrected chi connectivity index (χ2v) is 20.0. The lowest BCUT2D eigenvalue weighted by Crippen LogP contribution is -2.60. The number of allylic oxidation sites excluding steroid dienone is 7. The fourth-order valence-corrected chi connectivity index (χ4v) is 8.77. The van der Waals surface area contributed by atoms with Gasteiger partial charge in [0.25, 0.3) is 0 Å². The first-order valence-electron chi connectivity index (χ1n) is 28.9. The number of hydrogen-bond acceptors (Lipinski definition) is 10. The number of carbonyl (C=O) groups excluding carboxylic acids is 2. The second-order valence-electron chi connectivity index (χ2n) is 20.0. The predicted molar refractivity (Wildman–Crippen MR) is 287 cm³/mol. The summed E-state index contributed by atoms with van der Waals surface area (Å²) < 4.78 is 16.6. The Balaban J connectivity index is 2.08. The van der Waals surface area contributed by atoms with Crippen molar-refractivity contribution >= 4 is 11.9 Å². The first-order chi connectivity index (χ1) is 34.2. The summed E-state index contributed by atoms with van der Waals surface area (Å²) in [5.74, 6) is -0.242. The Kier molecular flexibility index (Phi) is 45.8. The Bertz CT molecular complexity index is 1300. The van der Waals surface area contributed by atoms with E-state index in [9.17, 15) is 35.1 Å². The minimum absolute atomic E-state index is 0.0304. The number of esters is 1. The number of rotatable bonds is 49. The molecule has 408 valence electrons. The molecule has 70 heavy (non-hydrogen) atoms. The Hall–Kier alpha value is -2.38. The third kappa shape index (κ3) is 38.3. The van der Waals surface area contributed by atoms with E-state index in [0.29, 0.717) is 19.4 Å². The van der Waals surface area contributed by atoms with Crippen LogP contribution in [0.1, 0.15) is 251 Å². The van der Waals surface area contributed by atoms with Gasteiger partial charge in [0.05, 0.1) is 32.0 Å². The summed E-state index contributed by atoms with van der Waals surface area (Å²) in [5, 5.41) is 54.1. The van der Waals surface area contributed by atoms with Crippen LogP contribution in [0.4, 0.5) is 0 Å². The van der Waals surface area contributed by atoms with E-state index >= 15 is 0 Å². The number of aliphatic hydroxyl groups is 5. The summed E-state index contributed by atoms with van der Waals surface area (Å²) in [5.41, 5.74) is 0. The van der Waals surface area contributed by atoms with Crippen LogP contribution in [0.2, 0.25) is 0 Å². The van der Waals surface area contributed by atoms with E-state index in [1.807, 2.05) is 6.08 Å². The quantitative estimate of drug-likeness (QED) is 0.0196. The highest BCUT2D eigenvalue weighted by molar-refractivity contribution is 5.76. The zero-order valence-electron chi connectivity index (χ0n) is 44.7. The van der Waals surface area contributed by atoms with Crippen molar-refractivity contribution in [1.82, 2.24) is 5.32 Å². The number of aliphatic hydroxyl groups excluding tert-OH is 5. The van der Waals surface area contributed by atoms with Gasteiger partial charge in [0.1, 0.15) is 24.4 Å². The van der Waals surface area contributed by atoms with E-state index in [-0.39, 0.29) is 18.5 Å². The maximum atomic E-state index is 13.0. The molecule has 0 spiro atoms. The first-order valence-corrected chi connectivity index (χ1v) is 28.9. The second kappa shape index (κ2) is 48.9. The van der Waals surface area contributed by atoms with Crippen LogP contribution in [-0.4, -0.2) is 100 Å². The summed E-state index contributed by atoms with van der Waals surface area (Å²) in [7, 11) is 0. The minimum Gasteiger partial charge on any atom is -0.466 e. The standard InChI is InChI=1S/C59H107NO10/c1-3-5-7-9-11-13-14-15-16-21-24-27-31-35-39-43-47-55(64)68-48-44-40-36-32-28-25-22-19-17-18-20-23-26-30-34-38-42-46-54(63)60-51(52(62)45-41-37-33-29-12-10-8-6-4-2)50-69-59-58(67)57(66)56(65)53(49-61)70-59/h12,17,19,25,28-29,41,45,51-53,56-59,61-62,65-67H,3-11,13-16,18,20-24,26-27,30-40,42-44,46-50H2,1-2H3,(H,60,63)/b19-17-,28-25-,29-12+,45-41+. The van der Waals surface area contributed by atoms with Crippen molar-refractivity contribution in [2.75, 3.05) is 19.8 Å². The van der Waals surface area contributed by atoms with Gasteiger partial charge in [-0.15, -0.1) is 0 Å². The molecule has 0 aromatic heterocycles. The fourth-order valence-electron chi connectivity index (χ4n) is 8.77. The average molecular weight is 991 g/mol. The molecule has 0 saturated carbocycles. The lowest BCUT2D eigenvalue weighted by molar-refractivity contribution is -0.302. The van der Waals surface area contributed by atoms with Crippen molar-refractivity contribution in [2.24, 2.45) is 0 Å². The lowest BCUT2D eigenvalue weighted by Gasteiger charge is -2.40. The van der Waals surface area contributed by atoms with Crippen LogP contribution in [0.5, 0.6) is 0 Å². The SMILES string of the molecule is CCCCC/C=C/CC/C=C/C(O)C(COC1OC(CO)C(O)C(O)C1O)NC(=O)CCCCCCCCC/C=C\C/C=C\CCCCCOC(=O)CCCCCCCCCCCCCCCCCC. The van der Waals surface area contributed by atoms with Crippen LogP contribution >= 0.6 is 0 Å². The van der Waals surface area contributed by atoms with E-state index in [1.54, 1.807) is 6.08 Å². The zero-order valence-corrected chi connectivity index (χ0v) is 44.7. The highest BCUT2D eigenvalue weighted by atomic mass is 16.7. The topological polar surface area (TPSA) is 175 Å². The van der Waals surface area contributed by atoms with Crippen molar-refractivity contribution in [1.29, 1.82) is 0 Å². The minimum atomic E-state index is -1.58. The Morgan fingerprint density at radius 1 is 0.529 bits per heavy atom. The largest absolute Gasteiger partial charge is 0.466 e. The van der Waals surface area contributed by atoms with Crippen LogP contribution in [-0.2, 0) is 23.8 Å². The van der Waals surface area contributed by atoms with Crippen molar-refractivity contribution in [3.8, 4) is 0 Å². The summed E-state index contributed by atoms with van der Waals surface area (Å²) >= 11 is 0.